The van der Waals surface area contributed by atoms with Gasteiger partial charge in [0.2, 0.25) is 0 Å². The number of benzene rings is 1. The van der Waals surface area contributed by atoms with Gasteiger partial charge in [-0.05, 0) is 24.1 Å². The van der Waals surface area contributed by atoms with Gasteiger partial charge in [0.15, 0.2) is 0 Å². The lowest BCUT2D eigenvalue weighted by Crippen LogP contribution is -2.12. The maximum atomic E-state index is 13.1. The number of aliphatic hydroxyl groups excluding tert-OH is 1. The van der Waals surface area contributed by atoms with Gasteiger partial charge in [0, 0.05) is 10.5 Å². The summed E-state index contributed by atoms with van der Waals surface area (Å²) in [5, 5.41) is 9.96. The second-order valence-electron chi connectivity index (χ2n) is 4.95. The normalized spacial score (nSPS) is 13.9. The molecule has 16 heavy (non-hydrogen) atoms. The van der Waals surface area contributed by atoms with E-state index >= 15 is 0 Å². The average Bonchev–Trinajstić information content (AvgIpc) is 2.17. The van der Waals surface area contributed by atoms with Crippen molar-refractivity contribution in [3.8, 4) is 0 Å². The highest BCUT2D eigenvalue weighted by Gasteiger charge is 2.15. The summed E-state index contributed by atoms with van der Waals surface area (Å²) in [5.41, 5.74) is 1.37. The molecule has 1 aromatic carbocycles. The predicted octanol–water partition coefficient (Wildman–Crippen LogP) is 3.70. The van der Waals surface area contributed by atoms with E-state index in [1.54, 1.807) is 30.8 Å². The van der Waals surface area contributed by atoms with Crippen molar-refractivity contribution in [1.29, 1.82) is 0 Å². The first-order valence-corrected chi connectivity index (χ1v) is 6.36. The SMILES string of the molecule is Cc1cc(C(O)CSC(C)(C)C)ccc1F. The molecule has 1 aromatic rings. The minimum Gasteiger partial charge on any atom is -0.388 e. The zero-order valence-electron chi connectivity index (χ0n) is 10.2. The Morgan fingerprint density at radius 3 is 2.50 bits per heavy atom. The van der Waals surface area contributed by atoms with Gasteiger partial charge in [0.05, 0.1) is 6.10 Å². The molecule has 0 aliphatic heterocycles. The molecule has 0 radical (unpaired) electrons. The zero-order valence-corrected chi connectivity index (χ0v) is 11.1. The van der Waals surface area contributed by atoms with Crippen LogP contribution in [0.1, 0.15) is 38.0 Å². The van der Waals surface area contributed by atoms with E-state index in [0.717, 1.165) is 5.56 Å². The molecule has 0 heterocycles. The van der Waals surface area contributed by atoms with Gasteiger partial charge in [0.25, 0.3) is 0 Å². The van der Waals surface area contributed by atoms with Crippen LogP contribution in [0.25, 0.3) is 0 Å². The molecule has 0 fully saturated rings. The summed E-state index contributed by atoms with van der Waals surface area (Å²) in [4.78, 5) is 0. The third-order valence-corrected chi connectivity index (χ3v) is 3.59. The van der Waals surface area contributed by atoms with Crippen LogP contribution >= 0.6 is 11.8 Å². The van der Waals surface area contributed by atoms with E-state index in [-0.39, 0.29) is 10.6 Å². The summed E-state index contributed by atoms with van der Waals surface area (Å²) < 4.78 is 13.2. The Morgan fingerprint density at radius 2 is 2.00 bits per heavy atom. The lowest BCUT2D eigenvalue weighted by molar-refractivity contribution is 0.203. The lowest BCUT2D eigenvalue weighted by Gasteiger charge is -2.20. The first-order valence-electron chi connectivity index (χ1n) is 5.37. The smallest absolute Gasteiger partial charge is 0.126 e. The van der Waals surface area contributed by atoms with Crippen molar-refractivity contribution >= 4 is 11.8 Å². The van der Waals surface area contributed by atoms with Crippen molar-refractivity contribution in [3.63, 3.8) is 0 Å². The molecule has 1 rings (SSSR count). The standard InChI is InChI=1S/C13H19FOS/c1-9-7-10(5-6-11(9)14)12(15)8-16-13(2,3)4/h5-7,12,15H,8H2,1-4H3. The molecule has 1 unspecified atom stereocenters. The summed E-state index contributed by atoms with van der Waals surface area (Å²) in [6, 6.07) is 4.77. The molecule has 0 aromatic heterocycles. The molecule has 1 atom stereocenters. The van der Waals surface area contributed by atoms with E-state index in [2.05, 4.69) is 20.8 Å². The van der Waals surface area contributed by atoms with Crippen LogP contribution < -0.4 is 0 Å². The highest BCUT2D eigenvalue weighted by molar-refractivity contribution is 8.00. The third kappa shape index (κ3) is 4.14. The lowest BCUT2D eigenvalue weighted by atomic mass is 10.1. The van der Waals surface area contributed by atoms with Gasteiger partial charge >= 0.3 is 0 Å². The number of aliphatic hydroxyl groups is 1. The molecule has 3 heteroatoms. The van der Waals surface area contributed by atoms with E-state index in [1.165, 1.54) is 6.07 Å². The minimum atomic E-state index is -0.525. The van der Waals surface area contributed by atoms with E-state index in [0.29, 0.717) is 11.3 Å². The summed E-state index contributed by atoms with van der Waals surface area (Å²) >= 11 is 1.70. The largest absolute Gasteiger partial charge is 0.388 e. The van der Waals surface area contributed by atoms with Crippen LogP contribution in [0.15, 0.2) is 18.2 Å². The number of thioether (sulfide) groups is 1. The Labute approximate surface area is 101 Å². The molecule has 0 saturated heterocycles. The van der Waals surface area contributed by atoms with Crippen molar-refractivity contribution in [1.82, 2.24) is 0 Å². The Hall–Kier alpha value is -0.540. The van der Waals surface area contributed by atoms with Gasteiger partial charge in [-0.15, -0.1) is 0 Å². The first kappa shape index (κ1) is 13.5. The highest BCUT2D eigenvalue weighted by Crippen LogP contribution is 2.28. The monoisotopic (exact) mass is 242 g/mol. The number of hydrogen-bond acceptors (Lipinski definition) is 2. The first-order chi connectivity index (χ1) is 7.29. The number of hydrogen-bond donors (Lipinski definition) is 1. The van der Waals surface area contributed by atoms with Crippen LogP contribution in [0.4, 0.5) is 4.39 Å². The van der Waals surface area contributed by atoms with Crippen LogP contribution in [0.2, 0.25) is 0 Å². The van der Waals surface area contributed by atoms with E-state index in [4.69, 9.17) is 0 Å². The minimum absolute atomic E-state index is 0.135. The molecule has 0 bridgehead atoms. The predicted molar refractivity (Wildman–Crippen MR) is 68.3 cm³/mol. The summed E-state index contributed by atoms with van der Waals surface area (Å²) in [7, 11) is 0. The summed E-state index contributed by atoms with van der Waals surface area (Å²) in [5.74, 6) is 0.411. The second kappa shape index (κ2) is 5.19. The molecule has 0 saturated carbocycles. The quantitative estimate of drug-likeness (QED) is 0.872. The van der Waals surface area contributed by atoms with Gasteiger partial charge in [-0.3, -0.25) is 0 Å². The van der Waals surface area contributed by atoms with Gasteiger partial charge in [-0.25, -0.2) is 4.39 Å². The van der Waals surface area contributed by atoms with Gasteiger partial charge < -0.3 is 5.11 Å². The average molecular weight is 242 g/mol. The zero-order chi connectivity index (χ0) is 12.3. The molecular formula is C13H19FOS. The van der Waals surface area contributed by atoms with Crippen molar-refractivity contribution in [2.24, 2.45) is 0 Å². The number of aryl methyl sites for hydroxylation is 1. The molecule has 1 nitrogen and oxygen atoms in total. The summed E-state index contributed by atoms with van der Waals surface area (Å²) in [6.45, 7) is 8.04. The van der Waals surface area contributed by atoms with E-state index in [9.17, 15) is 9.50 Å². The highest BCUT2D eigenvalue weighted by atomic mass is 32.2. The van der Waals surface area contributed by atoms with Crippen LogP contribution in [-0.4, -0.2) is 15.6 Å². The Bertz CT molecular complexity index is 357. The van der Waals surface area contributed by atoms with E-state index in [1.807, 2.05) is 0 Å². The van der Waals surface area contributed by atoms with Crippen LogP contribution in [-0.2, 0) is 0 Å². The van der Waals surface area contributed by atoms with Crippen molar-refractivity contribution < 1.29 is 9.50 Å². The van der Waals surface area contributed by atoms with Gasteiger partial charge in [-0.2, -0.15) is 11.8 Å². The van der Waals surface area contributed by atoms with Crippen LogP contribution in [0.3, 0.4) is 0 Å². The summed E-state index contributed by atoms with van der Waals surface area (Å²) in [6.07, 6.45) is -0.525. The van der Waals surface area contributed by atoms with Gasteiger partial charge in [0.1, 0.15) is 5.82 Å². The maximum Gasteiger partial charge on any atom is 0.126 e. The number of halogens is 1. The fourth-order valence-corrected chi connectivity index (χ4v) is 2.15. The van der Waals surface area contributed by atoms with Crippen LogP contribution in [0.5, 0.6) is 0 Å². The van der Waals surface area contributed by atoms with Crippen LogP contribution in [0, 0.1) is 12.7 Å². The second-order valence-corrected chi connectivity index (χ2v) is 6.79. The molecule has 0 amide bonds. The molecule has 1 N–H and O–H groups in total. The molecule has 0 aliphatic carbocycles. The molecule has 0 spiro atoms. The topological polar surface area (TPSA) is 20.2 Å². The van der Waals surface area contributed by atoms with Crippen molar-refractivity contribution in [2.45, 2.75) is 38.5 Å². The fraction of sp³-hybridized carbons (Fsp3) is 0.538. The molecule has 0 aliphatic rings. The Balaban J connectivity index is 2.66. The van der Waals surface area contributed by atoms with Crippen molar-refractivity contribution in [3.05, 3.63) is 35.1 Å². The fourth-order valence-electron chi connectivity index (χ4n) is 1.30. The molecular weight excluding hydrogens is 223 g/mol. The third-order valence-electron chi connectivity index (χ3n) is 2.24. The van der Waals surface area contributed by atoms with Gasteiger partial charge in [-0.1, -0.05) is 32.9 Å². The maximum absolute atomic E-state index is 13.1. The Kier molecular flexibility index (Phi) is 4.39. The molecule has 90 valence electrons. The van der Waals surface area contributed by atoms with E-state index < -0.39 is 6.10 Å². The van der Waals surface area contributed by atoms with Crippen molar-refractivity contribution in [2.75, 3.05) is 5.75 Å². The number of rotatable bonds is 3. The Morgan fingerprint density at radius 1 is 1.38 bits per heavy atom.